The summed E-state index contributed by atoms with van der Waals surface area (Å²) in [5, 5.41) is 8.62. The predicted molar refractivity (Wildman–Crippen MR) is 65.2 cm³/mol. The Balaban J connectivity index is 3.08. The van der Waals surface area contributed by atoms with E-state index in [0.29, 0.717) is 16.7 Å². The van der Waals surface area contributed by atoms with E-state index in [0.717, 1.165) is 0 Å². The summed E-state index contributed by atoms with van der Waals surface area (Å²) in [7, 11) is 0. The molecule has 0 radical (unpaired) electrons. The van der Waals surface area contributed by atoms with Gasteiger partial charge in [0.1, 0.15) is 5.82 Å². The highest BCUT2D eigenvalue weighted by Crippen LogP contribution is 2.21. The Morgan fingerprint density at radius 1 is 1.35 bits per heavy atom. The molecule has 3 nitrogen and oxygen atoms in total. The van der Waals surface area contributed by atoms with Crippen LogP contribution in [0.2, 0.25) is 0 Å². The number of aryl methyl sites for hydroxylation is 2. The van der Waals surface area contributed by atoms with E-state index >= 15 is 0 Å². The molecule has 0 bridgehead atoms. The normalized spacial score (nSPS) is 12.2. The van der Waals surface area contributed by atoms with Crippen LogP contribution in [0.15, 0.2) is 12.1 Å². The standard InChI is InChI=1S/C12H12BrFO3/c1-6-3-8(14)4-7(2)11(6)12(17)9(13)5-10(15)16/h3-4,9H,5H2,1-2H3,(H,15,16). The second kappa shape index (κ2) is 5.40. The van der Waals surface area contributed by atoms with E-state index in [4.69, 9.17) is 5.11 Å². The molecule has 1 N–H and O–H groups in total. The van der Waals surface area contributed by atoms with Crippen LogP contribution in [-0.2, 0) is 4.79 Å². The van der Waals surface area contributed by atoms with Crippen molar-refractivity contribution in [2.75, 3.05) is 0 Å². The molecular formula is C12H12BrFO3. The van der Waals surface area contributed by atoms with Gasteiger partial charge in [0.25, 0.3) is 0 Å². The SMILES string of the molecule is Cc1cc(F)cc(C)c1C(=O)C(Br)CC(=O)O. The van der Waals surface area contributed by atoms with Crippen LogP contribution in [0.4, 0.5) is 4.39 Å². The smallest absolute Gasteiger partial charge is 0.304 e. The molecule has 0 aliphatic rings. The second-order valence-electron chi connectivity index (χ2n) is 3.84. The second-order valence-corrected chi connectivity index (χ2v) is 4.95. The summed E-state index contributed by atoms with van der Waals surface area (Å²) in [5.74, 6) is -1.79. The van der Waals surface area contributed by atoms with Crippen molar-refractivity contribution in [1.82, 2.24) is 0 Å². The summed E-state index contributed by atoms with van der Waals surface area (Å²) in [5.41, 5.74) is 1.42. The molecule has 0 spiro atoms. The van der Waals surface area contributed by atoms with Gasteiger partial charge in [0, 0.05) is 5.56 Å². The number of carbonyl (C=O) groups is 2. The molecule has 1 unspecified atom stereocenters. The topological polar surface area (TPSA) is 54.4 Å². The number of Topliss-reactive ketones (excluding diaryl/α,β-unsaturated/α-hetero) is 1. The van der Waals surface area contributed by atoms with Crippen molar-refractivity contribution in [1.29, 1.82) is 0 Å². The summed E-state index contributed by atoms with van der Waals surface area (Å²) in [4.78, 5) is 21.7. The first-order valence-electron chi connectivity index (χ1n) is 4.99. The van der Waals surface area contributed by atoms with Gasteiger partial charge in [-0.1, -0.05) is 15.9 Å². The lowest BCUT2D eigenvalue weighted by Gasteiger charge is -2.12. The Morgan fingerprint density at radius 2 is 1.82 bits per heavy atom. The van der Waals surface area contributed by atoms with Crippen molar-refractivity contribution in [2.24, 2.45) is 0 Å². The van der Waals surface area contributed by atoms with Gasteiger partial charge in [-0.05, 0) is 37.1 Å². The quantitative estimate of drug-likeness (QED) is 0.687. The minimum atomic E-state index is -1.06. The van der Waals surface area contributed by atoms with Gasteiger partial charge in [-0.3, -0.25) is 9.59 Å². The van der Waals surface area contributed by atoms with E-state index in [1.807, 2.05) is 0 Å². The van der Waals surface area contributed by atoms with Crippen LogP contribution < -0.4 is 0 Å². The third-order valence-corrected chi connectivity index (χ3v) is 3.12. The number of ketones is 1. The van der Waals surface area contributed by atoms with Gasteiger partial charge < -0.3 is 5.11 Å². The summed E-state index contributed by atoms with van der Waals surface area (Å²) in [6.07, 6.45) is -0.297. The fourth-order valence-corrected chi connectivity index (χ4v) is 2.21. The number of rotatable bonds is 4. The molecule has 0 amide bonds. The minimum Gasteiger partial charge on any atom is -0.481 e. The molecule has 0 fully saturated rings. The largest absolute Gasteiger partial charge is 0.481 e. The molecule has 0 aliphatic heterocycles. The molecule has 0 aliphatic carbocycles. The maximum absolute atomic E-state index is 13.1. The Hall–Kier alpha value is -1.23. The van der Waals surface area contributed by atoms with E-state index < -0.39 is 16.6 Å². The van der Waals surface area contributed by atoms with Crippen LogP contribution in [0.1, 0.15) is 27.9 Å². The van der Waals surface area contributed by atoms with Crippen LogP contribution in [0, 0.1) is 19.7 Å². The highest BCUT2D eigenvalue weighted by Gasteiger charge is 2.23. The predicted octanol–water partition coefficient (Wildman–Crippen LogP) is 2.86. The molecule has 0 heterocycles. The lowest BCUT2D eigenvalue weighted by Crippen LogP contribution is -2.20. The Kier molecular flexibility index (Phi) is 4.40. The number of benzene rings is 1. The number of carbonyl (C=O) groups excluding carboxylic acids is 1. The molecule has 0 aromatic heterocycles. The molecular weight excluding hydrogens is 291 g/mol. The summed E-state index contributed by atoms with van der Waals surface area (Å²) < 4.78 is 13.1. The Labute approximate surface area is 107 Å². The van der Waals surface area contributed by atoms with Crippen molar-refractivity contribution in [3.63, 3.8) is 0 Å². The zero-order chi connectivity index (χ0) is 13.2. The van der Waals surface area contributed by atoms with E-state index in [2.05, 4.69) is 15.9 Å². The highest BCUT2D eigenvalue weighted by molar-refractivity contribution is 9.10. The van der Waals surface area contributed by atoms with Crippen LogP contribution in [0.25, 0.3) is 0 Å². The summed E-state index contributed by atoms with van der Waals surface area (Å²) in [6.45, 7) is 3.26. The number of carboxylic acids is 1. The molecule has 1 aromatic rings. The van der Waals surface area contributed by atoms with Crippen LogP contribution in [0.3, 0.4) is 0 Å². The Morgan fingerprint density at radius 3 is 2.24 bits per heavy atom. The van der Waals surface area contributed by atoms with Gasteiger partial charge in [-0.25, -0.2) is 4.39 Å². The third-order valence-electron chi connectivity index (χ3n) is 2.38. The van der Waals surface area contributed by atoms with Gasteiger partial charge in [0.2, 0.25) is 0 Å². The molecule has 0 saturated heterocycles. The van der Waals surface area contributed by atoms with Crippen LogP contribution in [-0.4, -0.2) is 21.7 Å². The highest BCUT2D eigenvalue weighted by atomic mass is 79.9. The minimum absolute atomic E-state index is 0.297. The molecule has 1 rings (SSSR count). The maximum atomic E-state index is 13.1. The zero-order valence-corrected chi connectivity index (χ0v) is 11.0. The third kappa shape index (κ3) is 3.36. The lowest BCUT2D eigenvalue weighted by molar-refractivity contribution is -0.136. The van der Waals surface area contributed by atoms with E-state index in [-0.39, 0.29) is 12.2 Å². The van der Waals surface area contributed by atoms with Crippen LogP contribution >= 0.6 is 15.9 Å². The molecule has 5 heteroatoms. The fourth-order valence-electron chi connectivity index (χ4n) is 1.70. The van der Waals surface area contributed by atoms with Gasteiger partial charge in [0.15, 0.2) is 5.78 Å². The average Bonchev–Trinajstić information content (AvgIpc) is 2.14. The van der Waals surface area contributed by atoms with Gasteiger partial charge in [-0.15, -0.1) is 0 Å². The first-order valence-corrected chi connectivity index (χ1v) is 5.91. The number of alkyl halides is 1. The zero-order valence-electron chi connectivity index (χ0n) is 9.46. The van der Waals surface area contributed by atoms with Crippen molar-refractivity contribution < 1.29 is 19.1 Å². The molecule has 17 heavy (non-hydrogen) atoms. The number of carboxylic acid groups (broad SMARTS) is 1. The lowest BCUT2D eigenvalue weighted by atomic mass is 9.96. The van der Waals surface area contributed by atoms with E-state index in [1.54, 1.807) is 13.8 Å². The molecule has 1 aromatic carbocycles. The number of hydrogen-bond acceptors (Lipinski definition) is 2. The summed E-state index contributed by atoms with van der Waals surface area (Å²) >= 11 is 3.04. The summed E-state index contributed by atoms with van der Waals surface area (Å²) in [6, 6.07) is 2.53. The van der Waals surface area contributed by atoms with Crippen LogP contribution in [0.5, 0.6) is 0 Å². The first kappa shape index (κ1) is 13.8. The monoisotopic (exact) mass is 302 g/mol. The average molecular weight is 303 g/mol. The molecule has 92 valence electrons. The van der Waals surface area contributed by atoms with E-state index in [9.17, 15) is 14.0 Å². The van der Waals surface area contributed by atoms with Gasteiger partial charge >= 0.3 is 5.97 Å². The number of hydrogen-bond donors (Lipinski definition) is 1. The van der Waals surface area contributed by atoms with Crippen molar-refractivity contribution in [3.05, 3.63) is 34.6 Å². The van der Waals surface area contributed by atoms with Crippen molar-refractivity contribution in [2.45, 2.75) is 25.1 Å². The number of aliphatic carboxylic acids is 1. The molecule has 1 atom stereocenters. The Bertz CT molecular complexity index is 448. The van der Waals surface area contributed by atoms with Crippen molar-refractivity contribution in [3.8, 4) is 0 Å². The van der Waals surface area contributed by atoms with Gasteiger partial charge in [-0.2, -0.15) is 0 Å². The fraction of sp³-hybridized carbons (Fsp3) is 0.333. The van der Waals surface area contributed by atoms with Gasteiger partial charge in [0.05, 0.1) is 11.2 Å². The maximum Gasteiger partial charge on any atom is 0.304 e. The first-order chi connectivity index (χ1) is 7.82. The van der Waals surface area contributed by atoms with Crippen molar-refractivity contribution >= 4 is 27.7 Å². The van der Waals surface area contributed by atoms with E-state index in [1.165, 1.54) is 12.1 Å². The number of halogens is 2. The molecule has 0 saturated carbocycles.